The lowest BCUT2D eigenvalue weighted by Crippen LogP contribution is -2.43. The van der Waals surface area contributed by atoms with Gasteiger partial charge in [0, 0.05) is 11.1 Å². The molecule has 1 unspecified atom stereocenters. The molecule has 2 aromatic carbocycles. The lowest BCUT2D eigenvalue weighted by atomic mass is 9.98. The number of rotatable bonds is 6. The second kappa shape index (κ2) is 8.99. The van der Waals surface area contributed by atoms with Crippen LogP contribution < -0.4 is 4.90 Å². The molecule has 0 spiro atoms. The van der Waals surface area contributed by atoms with Crippen LogP contribution in [-0.4, -0.2) is 36.8 Å². The normalized spacial score (nSPS) is 17.2. The number of aliphatic imine (C=N–C) groups is 1. The minimum atomic E-state index is -0.680. The highest BCUT2D eigenvalue weighted by molar-refractivity contribution is 6.20. The van der Waals surface area contributed by atoms with Crippen LogP contribution in [0, 0.1) is 11.7 Å². The number of carbonyl (C=O) groups is 2. The zero-order valence-corrected chi connectivity index (χ0v) is 16.9. The number of fused-ring (bicyclic) bond motifs is 1. The van der Waals surface area contributed by atoms with Crippen LogP contribution in [0.5, 0.6) is 0 Å². The van der Waals surface area contributed by atoms with Gasteiger partial charge in [0.25, 0.3) is 5.91 Å². The Morgan fingerprint density at radius 3 is 2.59 bits per heavy atom. The molecule has 5 nitrogen and oxygen atoms in total. The number of anilines is 1. The van der Waals surface area contributed by atoms with Crippen molar-refractivity contribution in [3.05, 3.63) is 65.5 Å². The summed E-state index contributed by atoms with van der Waals surface area (Å²) < 4.78 is 19.3. The number of amides is 1. The van der Waals surface area contributed by atoms with Crippen molar-refractivity contribution < 1.29 is 18.7 Å². The van der Waals surface area contributed by atoms with E-state index in [0.717, 1.165) is 12.0 Å². The number of benzodiazepines with no additional fused rings is 1. The monoisotopic (exact) mass is 396 g/mol. The number of nitrogens with zero attached hydrogens (tertiary/aromatic N) is 2. The predicted molar refractivity (Wildman–Crippen MR) is 111 cm³/mol. The fourth-order valence-electron chi connectivity index (χ4n) is 3.39. The number of benzene rings is 2. The number of esters is 1. The molecule has 1 heterocycles. The molecule has 1 amide bonds. The van der Waals surface area contributed by atoms with Crippen molar-refractivity contribution in [1.29, 1.82) is 0 Å². The molecule has 6 heteroatoms. The third kappa shape index (κ3) is 4.36. The van der Waals surface area contributed by atoms with Crippen molar-refractivity contribution in [2.45, 2.75) is 33.2 Å². The van der Waals surface area contributed by atoms with Crippen LogP contribution >= 0.6 is 0 Å². The van der Waals surface area contributed by atoms with Gasteiger partial charge >= 0.3 is 5.97 Å². The molecule has 0 fully saturated rings. The molecule has 0 radical (unpaired) electrons. The van der Waals surface area contributed by atoms with Gasteiger partial charge in [0.1, 0.15) is 18.4 Å². The Kier molecular flexibility index (Phi) is 6.42. The van der Waals surface area contributed by atoms with Crippen LogP contribution in [0.15, 0.2) is 53.5 Å². The molecule has 1 aliphatic rings. The summed E-state index contributed by atoms with van der Waals surface area (Å²) in [6, 6.07) is 12.9. The van der Waals surface area contributed by atoms with Crippen LogP contribution in [0.2, 0.25) is 0 Å². The molecule has 3 rings (SSSR count). The molecule has 0 aliphatic carbocycles. The van der Waals surface area contributed by atoms with Crippen molar-refractivity contribution in [2.75, 3.05) is 18.1 Å². The van der Waals surface area contributed by atoms with E-state index >= 15 is 0 Å². The van der Waals surface area contributed by atoms with Crippen molar-refractivity contribution in [1.82, 2.24) is 0 Å². The second-order valence-electron chi connectivity index (χ2n) is 7.06. The van der Waals surface area contributed by atoms with E-state index in [0.29, 0.717) is 17.0 Å². The third-order valence-electron chi connectivity index (χ3n) is 5.11. The van der Waals surface area contributed by atoms with Crippen molar-refractivity contribution in [3.8, 4) is 0 Å². The van der Waals surface area contributed by atoms with E-state index < -0.39 is 17.8 Å². The summed E-state index contributed by atoms with van der Waals surface area (Å²) in [5.41, 5.74) is 2.28. The summed E-state index contributed by atoms with van der Waals surface area (Å²) in [6.45, 7) is 5.63. The van der Waals surface area contributed by atoms with E-state index in [9.17, 15) is 14.0 Å². The van der Waals surface area contributed by atoms with Crippen LogP contribution in [0.4, 0.5) is 10.1 Å². The molecule has 2 atom stereocenters. The van der Waals surface area contributed by atoms with E-state index in [1.54, 1.807) is 6.92 Å². The summed E-state index contributed by atoms with van der Waals surface area (Å²) in [5.74, 6) is -1.28. The van der Waals surface area contributed by atoms with Gasteiger partial charge in [-0.1, -0.05) is 50.6 Å². The second-order valence-corrected chi connectivity index (χ2v) is 7.06. The van der Waals surface area contributed by atoms with E-state index in [-0.39, 0.29) is 25.0 Å². The molecule has 2 aromatic rings. The Hall–Kier alpha value is -3.02. The Morgan fingerprint density at radius 1 is 1.21 bits per heavy atom. The molecule has 0 N–H and O–H groups in total. The summed E-state index contributed by atoms with van der Waals surface area (Å²) >= 11 is 0. The first-order valence-corrected chi connectivity index (χ1v) is 9.86. The van der Waals surface area contributed by atoms with Gasteiger partial charge in [-0.15, -0.1) is 0 Å². The topological polar surface area (TPSA) is 59.0 Å². The average molecular weight is 396 g/mol. The molecule has 0 bridgehead atoms. The maximum absolute atomic E-state index is 14.2. The quantitative estimate of drug-likeness (QED) is 0.694. The summed E-state index contributed by atoms with van der Waals surface area (Å²) in [7, 11) is 0. The fourth-order valence-corrected chi connectivity index (χ4v) is 3.39. The van der Waals surface area contributed by atoms with Crippen LogP contribution in [0.1, 0.15) is 38.3 Å². The van der Waals surface area contributed by atoms with Crippen molar-refractivity contribution in [3.63, 3.8) is 0 Å². The first-order valence-electron chi connectivity index (χ1n) is 9.86. The predicted octanol–water partition coefficient (Wildman–Crippen LogP) is 3.99. The summed E-state index contributed by atoms with van der Waals surface area (Å²) in [5, 5.41) is 0. The lowest BCUT2D eigenvalue weighted by Gasteiger charge is -2.26. The van der Waals surface area contributed by atoms with Gasteiger partial charge in [0.15, 0.2) is 0 Å². The maximum atomic E-state index is 14.2. The van der Waals surface area contributed by atoms with E-state index in [2.05, 4.69) is 0 Å². The van der Waals surface area contributed by atoms with Crippen LogP contribution in [0.3, 0.4) is 0 Å². The minimum absolute atomic E-state index is 0.0509. The van der Waals surface area contributed by atoms with Crippen molar-refractivity contribution in [2.24, 2.45) is 10.9 Å². The number of halogens is 1. The Morgan fingerprint density at radius 2 is 1.93 bits per heavy atom. The Labute approximate surface area is 170 Å². The fraction of sp³-hybridized carbons (Fsp3) is 0.348. The third-order valence-corrected chi connectivity index (χ3v) is 5.11. The van der Waals surface area contributed by atoms with Gasteiger partial charge in [-0.2, -0.15) is 0 Å². The van der Waals surface area contributed by atoms with Crippen molar-refractivity contribution >= 4 is 23.3 Å². The highest BCUT2D eigenvalue weighted by atomic mass is 19.1. The number of hydrogen-bond donors (Lipinski definition) is 0. The van der Waals surface area contributed by atoms with E-state index in [4.69, 9.17) is 9.73 Å². The molecular weight excluding hydrogens is 371 g/mol. The smallest absolute Gasteiger partial charge is 0.326 e. The first-order chi connectivity index (χ1) is 14.0. The Balaban J connectivity index is 2.21. The maximum Gasteiger partial charge on any atom is 0.326 e. The average Bonchev–Trinajstić information content (AvgIpc) is 2.83. The van der Waals surface area contributed by atoms with Gasteiger partial charge in [-0.05, 0) is 31.0 Å². The standard InChI is InChI=1S/C23H25FN2O3/c1-4-15(3)21-23(28)26(14-20(27)29-5-2)19-12-11-17(24)13-18(19)22(25-21)16-9-7-6-8-10-16/h6-13,15,21H,4-5,14H2,1-3H3/t15-,21?/m0/s1. The largest absolute Gasteiger partial charge is 0.465 e. The number of hydrogen-bond acceptors (Lipinski definition) is 4. The Bertz CT molecular complexity index is 927. The zero-order chi connectivity index (χ0) is 21.0. The van der Waals surface area contributed by atoms with Crippen LogP contribution in [0.25, 0.3) is 0 Å². The minimum Gasteiger partial charge on any atom is -0.465 e. The molecule has 0 aromatic heterocycles. The van der Waals surface area contributed by atoms with Gasteiger partial charge in [0.2, 0.25) is 0 Å². The van der Waals surface area contributed by atoms with Gasteiger partial charge in [-0.25, -0.2) is 4.39 Å². The molecule has 29 heavy (non-hydrogen) atoms. The van der Waals surface area contributed by atoms with Gasteiger partial charge in [-0.3, -0.25) is 19.5 Å². The molecule has 0 saturated carbocycles. The summed E-state index contributed by atoms with van der Waals surface area (Å²) in [6.07, 6.45) is 0.736. The highest BCUT2D eigenvalue weighted by Gasteiger charge is 2.35. The first kappa shape index (κ1) is 20.7. The van der Waals surface area contributed by atoms with Gasteiger partial charge < -0.3 is 4.74 Å². The van der Waals surface area contributed by atoms with E-state index in [1.807, 2.05) is 44.2 Å². The number of carbonyl (C=O) groups excluding carboxylic acids is 2. The van der Waals surface area contributed by atoms with E-state index in [1.165, 1.54) is 23.1 Å². The number of ether oxygens (including phenoxy) is 1. The lowest BCUT2D eigenvalue weighted by molar-refractivity contribution is -0.142. The zero-order valence-electron chi connectivity index (χ0n) is 16.9. The van der Waals surface area contributed by atoms with Gasteiger partial charge in [0.05, 0.1) is 18.0 Å². The molecule has 152 valence electrons. The SMILES string of the molecule is CCOC(=O)CN1C(=O)C([C@@H](C)CC)N=C(c2ccccc2)c2cc(F)ccc21. The highest BCUT2D eigenvalue weighted by Crippen LogP contribution is 2.31. The summed E-state index contributed by atoms with van der Waals surface area (Å²) in [4.78, 5) is 31.8. The molecule has 1 aliphatic heterocycles. The molecule has 0 saturated heterocycles. The van der Waals surface area contributed by atoms with Crippen LogP contribution in [-0.2, 0) is 14.3 Å². The molecular formula is C23H25FN2O3.